The van der Waals surface area contributed by atoms with Crippen molar-refractivity contribution in [2.45, 2.75) is 0 Å². The molecular weight excluding hydrogens is 785 g/mol. The molecule has 0 amide bonds. The molecule has 0 spiro atoms. The molecule has 2 aromatic heterocycles. The summed E-state index contributed by atoms with van der Waals surface area (Å²) in [6.07, 6.45) is 0. The van der Waals surface area contributed by atoms with Crippen molar-refractivity contribution in [1.82, 2.24) is 9.97 Å². The van der Waals surface area contributed by atoms with Crippen molar-refractivity contribution >= 4 is 60.3 Å². The standard InChI is InChI=1S/C58H38N2SSi/c1-5-19-39(20-6-1)41-35-42(46-29-17-30-48-47-27-13-15-32-53(47)61-57(46)48)37-43(36-41)51-38-52(60-58(59-51)40-21-7-2-8-22-40)49-31-18-34-55-56(49)50-28-14-16-33-54(50)62(55,44-23-9-3-10-24-44)45-25-11-4-12-26-45/h1-38H. The number of nitrogens with zero attached hydrogens (tertiary/aromatic N) is 2. The summed E-state index contributed by atoms with van der Waals surface area (Å²) in [4.78, 5) is 10.9. The Balaban J connectivity index is 1.12. The maximum absolute atomic E-state index is 5.48. The molecule has 0 fully saturated rings. The number of thiophene rings is 1. The second kappa shape index (κ2) is 14.9. The zero-order chi connectivity index (χ0) is 41.0. The molecule has 0 N–H and O–H groups in total. The highest BCUT2D eigenvalue weighted by Gasteiger charge is 2.49. The lowest BCUT2D eigenvalue weighted by molar-refractivity contribution is 1.18. The lowest BCUT2D eigenvalue weighted by atomic mass is 9.93. The Bertz CT molecular complexity index is 3420. The van der Waals surface area contributed by atoms with Crippen molar-refractivity contribution in [2.24, 2.45) is 0 Å². The van der Waals surface area contributed by atoms with Crippen molar-refractivity contribution in [2.75, 3.05) is 0 Å². The molecule has 0 bridgehead atoms. The molecule has 1 aliphatic rings. The van der Waals surface area contributed by atoms with Crippen molar-refractivity contribution in [1.29, 1.82) is 0 Å². The topological polar surface area (TPSA) is 25.8 Å². The molecule has 4 heteroatoms. The third kappa shape index (κ3) is 5.83. The molecule has 0 radical (unpaired) electrons. The highest BCUT2D eigenvalue weighted by molar-refractivity contribution is 7.26. The molecule has 3 heterocycles. The molecule has 0 unspecified atom stereocenters. The van der Waals surface area contributed by atoms with Gasteiger partial charge in [0.1, 0.15) is 0 Å². The van der Waals surface area contributed by atoms with Crippen LogP contribution in [0.25, 0.3) is 87.5 Å². The summed E-state index contributed by atoms with van der Waals surface area (Å²) in [6, 6.07) is 84.2. The van der Waals surface area contributed by atoms with E-state index in [1.54, 1.807) is 0 Å². The lowest BCUT2D eigenvalue weighted by Crippen LogP contribution is -2.72. The van der Waals surface area contributed by atoms with Gasteiger partial charge in [-0.1, -0.05) is 200 Å². The molecule has 0 saturated heterocycles. The molecule has 0 atom stereocenters. The van der Waals surface area contributed by atoms with E-state index in [0.29, 0.717) is 5.82 Å². The Kier molecular flexibility index (Phi) is 8.73. The van der Waals surface area contributed by atoms with E-state index in [4.69, 9.17) is 9.97 Å². The summed E-state index contributed by atoms with van der Waals surface area (Å²) in [6.45, 7) is 0. The van der Waals surface area contributed by atoms with Crippen LogP contribution in [0.3, 0.4) is 0 Å². The molecule has 11 aromatic rings. The van der Waals surface area contributed by atoms with E-state index < -0.39 is 8.07 Å². The SMILES string of the molecule is c1ccc(-c2cc(-c3cc(-c4cccc5c4-c4ccccc4[Si]5(c4ccccc4)c4ccccc4)nc(-c4ccccc4)n3)cc(-c3cccc4c3sc3ccccc34)c2)cc1. The van der Waals surface area contributed by atoms with Gasteiger partial charge in [-0.25, -0.2) is 9.97 Å². The van der Waals surface area contributed by atoms with Gasteiger partial charge in [-0.05, 0) is 84.5 Å². The van der Waals surface area contributed by atoms with Crippen LogP contribution >= 0.6 is 11.3 Å². The average Bonchev–Trinajstić information content (AvgIpc) is 3.89. The van der Waals surface area contributed by atoms with E-state index in [1.807, 2.05) is 11.3 Å². The molecule has 2 nitrogen and oxygen atoms in total. The second-order valence-electron chi connectivity index (χ2n) is 16.0. The fourth-order valence-corrected chi connectivity index (χ4v) is 16.3. The average molecular weight is 823 g/mol. The molecule has 62 heavy (non-hydrogen) atoms. The predicted octanol–water partition coefficient (Wildman–Crippen LogP) is 12.5. The van der Waals surface area contributed by atoms with E-state index in [9.17, 15) is 0 Å². The van der Waals surface area contributed by atoms with Crippen LogP contribution < -0.4 is 20.7 Å². The van der Waals surface area contributed by atoms with Gasteiger partial charge in [-0.2, -0.15) is 0 Å². The van der Waals surface area contributed by atoms with Gasteiger partial charge in [0.05, 0.1) is 11.4 Å². The number of aromatic nitrogens is 2. The van der Waals surface area contributed by atoms with Gasteiger partial charge in [0.2, 0.25) is 0 Å². The normalized spacial score (nSPS) is 12.6. The quantitative estimate of drug-likeness (QED) is 0.150. The summed E-state index contributed by atoms with van der Waals surface area (Å²) in [5, 5.41) is 8.14. The van der Waals surface area contributed by atoms with Crippen molar-refractivity contribution in [3.05, 3.63) is 231 Å². The van der Waals surface area contributed by atoms with Gasteiger partial charge < -0.3 is 0 Å². The minimum Gasteiger partial charge on any atom is -0.228 e. The third-order valence-corrected chi connectivity index (χ3v) is 18.7. The van der Waals surface area contributed by atoms with E-state index in [0.717, 1.165) is 44.8 Å². The summed E-state index contributed by atoms with van der Waals surface area (Å²) in [5.41, 5.74) is 12.2. The molecule has 0 aliphatic carbocycles. The first-order valence-corrected chi connectivity index (χ1v) is 24.0. The number of rotatable bonds is 7. The van der Waals surface area contributed by atoms with Gasteiger partial charge in [0.15, 0.2) is 13.9 Å². The Morgan fingerprint density at radius 3 is 1.63 bits per heavy atom. The second-order valence-corrected chi connectivity index (χ2v) is 20.8. The van der Waals surface area contributed by atoms with E-state index in [-0.39, 0.29) is 0 Å². The maximum Gasteiger partial charge on any atom is 0.180 e. The molecule has 1 aliphatic heterocycles. The minimum absolute atomic E-state index is 0.704. The lowest BCUT2D eigenvalue weighted by Gasteiger charge is -2.31. The number of benzene rings is 9. The van der Waals surface area contributed by atoms with Crippen LogP contribution in [-0.2, 0) is 0 Å². The van der Waals surface area contributed by atoms with Crippen LogP contribution in [0.15, 0.2) is 231 Å². The smallest absolute Gasteiger partial charge is 0.180 e. The van der Waals surface area contributed by atoms with Crippen molar-refractivity contribution < 1.29 is 0 Å². The maximum atomic E-state index is 5.48. The van der Waals surface area contributed by atoms with Gasteiger partial charge >= 0.3 is 0 Å². The molecular formula is C58H38N2SSi. The van der Waals surface area contributed by atoms with Crippen LogP contribution in [0.1, 0.15) is 0 Å². The first-order valence-electron chi connectivity index (χ1n) is 21.1. The summed E-state index contributed by atoms with van der Waals surface area (Å²) < 4.78 is 2.59. The summed E-state index contributed by atoms with van der Waals surface area (Å²) in [7, 11) is -2.71. The fourth-order valence-electron chi connectivity index (χ4n) is 9.86. The number of fused-ring (bicyclic) bond motifs is 6. The highest BCUT2D eigenvalue weighted by atomic mass is 32.1. The van der Waals surface area contributed by atoms with Crippen LogP contribution in [0, 0.1) is 0 Å². The summed E-state index contributed by atoms with van der Waals surface area (Å²) in [5.74, 6) is 0.704. The first kappa shape index (κ1) is 36.4. The van der Waals surface area contributed by atoms with E-state index in [2.05, 4.69) is 231 Å². The molecule has 12 rings (SSSR count). The Labute approximate surface area is 366 Å². The van der Waals surface area contributed by atoms with Gasteiger partial charge in [-0.3, -0.25) is 0 Å². The largest absolute Gasteiger partial charge is 0.228 e. The number of hydrogen-bond donors (Lipinski definition) is 0. The number of hydrogen-bond acceptors (Lipinski definition) is 3. The zero-order valence-electron chi connectivity index (χ0n) is 33.7. The van der Waals surface area contributed by atoms with E-state index >= 15 is 0 Å². The van der Waals surface area contributed by atoms with E-state index in [1.165, 1.54) is 57.6 Å². The fraction of sp³-hybridized carbons (Fsp3) is 0. The Morgan fingerprint density at radius 1 is 0.339 bits per heavy atom. The van der Waals surface area contributed by atoms with Gasteiger partial charge in [0.25, 0.3) is 0 Å². The Morgan fingerprint density at radius 2 is 0.871 bits per heavy atom. The van der Waals surface area contributed by atoms with Crippen LogP contribution in [0.4, 0.5) is 0 Å². The van der Waals surface area contributed by atoms with Crippen LogP contribution in [0.5, 0.6) is 0 Å². The minimum atomic E-state index is -2.71. The molecule has 290 valence electrons. The van der Waals surface area contributed by atoms with Gasteiger partial charge in [0, 0.05) is 36.9 Å². The van der Waals surface area contributed by atoms with Crippen LogP contribution in [-0.4, -0.2) is 18.0 Å². The first-order chi connectivity index (χ1) is 30.7. The van der Waals surface area contributed by atoms with Crippen molar-refractivity contribution in [3.63, 3.8) is 0 Å². The molecule has 9 aromatic carbocycles. The third-order valence-electron chi connectivity index (χ3n) is 12.6. The Hall–Kier alpha value is -7.50. The zero-order valence-corrected chi connectivity index (χ0v) is 35.6. The monoisotopic (exact) mass is 822 g/mol. The summed E-state index contributed by atoms with van der Waals surface area (Å²) >= 11 is 1.87. The highest BCUT2D eigenvalue weighted by Crippen LogP contribution is 2.43. The van der Waals surface area contributed by atoms with Crippen molar-refractivity contribution in [3.8, 4) is 67.3 Å². The van der Waals surface area contributed by atoms with Gasteiger partial charge in [-0.15, -0.1) is 11.3 Å². The predicted molar refractivity (Wildman–Crippen MR) is 265 cm³/mol. The molecule has 0 saturated carbocycles. The van der Waals surface area contributed by atoms with Crippen LogP contribution in [0.2, 0.25) is 0 Å².